The smallest absolute Gasteiger partial charge is 0.316 e. The van der Waals surface area contributed by atoms with E-state index in [0.717, 1.165) is 24.8 Å². The third-order valence-corrected chi connectivity index (χ3v) is 4.45. The Morgan fingerprint density at radius 2 is 1.62 bits per heavy atom. The van der Waals surface area contributed by atoms with Gasteiger partial charge >= 0.3 is 5.97 Å². The van der Waals surface area contributed by atoms with Crippen LogP contribution in [0.2, 0.25) is 0 Å². The number of ether oxygens (including phenoxy) is 2. The van der Waals surface area contributed by atoms with Crippen molar-refractivity contribution in [2.75, 3.05) is 0 Å². The van der Waals surface area contributed by atoms with E-state index in [1.807, 2.05) is 50.2 Å². The van der Waals surface area contributed by atoms with Gasteiger partial charge in [-0.3, -0.25) is 4.79 Å². The molecular weight excluding hydrogens is 324 g/mol. The first kappa shape index (κ1) is 20.2. The second kappa shape index (κ2) is 10.1. The van der Waals surface area contributed by atoms with Gasteiger partial charge in [0, 0.05) is 0 Å². The van der Waals surface area contributed by atoms with Crippen molar-refractivity contribution in [2.45, 2.75) is 59.2 Å². The first-order valence-electron chi connectivity index (χ1n) is 9.44. The molecule has 3 heteroatoms. The van der Waals surface area contributed by atoms with Gasteiger partial charge in [-0.05, 0) is 44.4 Å². The molecule has 0 heterocycles. The molecule has 0 aliphatic rings. The molecule has 0 N–H and O–H groups in total. The van der Waals surface area contributed by atoms with Gasteiger partial charge in [0.25, 0.3) is 0 Å². The summed E-state index contributed by atoms with van der Waals surface area (Å²) in [4.78, 5) is 12.6. The SMILES string of the molecule is CCCCC(CC(C)(C)C(=O)Oc1ccccc1)OCc1ccccc1. The lowest BCUT2D eigenvalue weighted by molar-refractivity contribution is -0.146. The maximum absolute atomic E-state index is 12.6. The van der Waals surface area contributed by atoms with Gasteiger partial charge in [-0.1, -0.05) is 68.3 Å². The molecule has 0 radical (unpaired) electrons. The normalized spacial score (nSPS) is 12.6. The van der Waals surface area contributed by atoms with E-state index in [1.165, 1.54) is 0 Å². The van der Waals surface area contributed by atoms with Gasteiger partial charge in [-0.15, -0.1) is 0 Å². The summed E-state index contributed by atoms with van der Waals surface area (Å²) in [6.45, 7) is 6.61. The van der Waals surface area contributed by atoms with E-state index >= 15 is 0 Å². The van der Waals surface area contributed by atoms with Crippen LogP contribution in [0.15, 0.2) is 60.7 Å². The molecule has 0 aliphatic heterocycles. The van der Waals surface area contributed by atoms with E-state index in [9.17, 15) is 4.79 Å². The van der Waals surface area contributed by atoms with Gasteiger partial charge < -0.3 is 9.47 Å². The molecule has 0 saturated heterocycles. The third-order valence-electron chi connectivity index (χ3n) is 4.45. The van der Waals surface area contributed by atoms with Crippen LogP contribution in [-0.2, 0) is 16.1 Å². The molecule has 1 atom stereocenters. The lowest BCUT2D eigenvalue weighted by atomic mass is 9.85. The van der Waals surface area contributed by atoms with Crippen molar-refractivity contribution in [2.24, 2.45) is 5.41 Å². The van der Waals surface area contributed by atoms with Crippen molar-refractivity contribution in [3.8, 4) is 5.75 Å². The Balaban J connectivity index is 1.96. The van der Waals surface area contributed by atoms with Crippen molar-refractivity contribution in [3.05, 3.63) is 66.2 Å². The summed E-state index contributed by atoms with van der Waals surface area (Å²) < 4.78 is 11.7. The zero-order chi connectivity index (χ0) is 18.8. The molecule has 0 aliphatic carbocycles. The molecule has 0 fully saturated rings. The summed E-state index contributed by atoms with van der Waals surface area (Å²) in [6, 6.07) is 19.4. The number of carbonyl (C=O) groups is 1. The highest BCUT2D eigenvalue weighted by Crippen LogP contribution is 2.29. The van der Waals surface area contributed by atoms with Crippen LogP contribution in [0.25, 0.3) is 0 Å². The van der Waals surface area contributed by atoms with Crippen molar-refractivity contribution in [3.63, 3.8) is 0 Å². The van der Waals surface area contributed by atoms with E-state index in [2.05, 4.69) is 19.1 Å². The van der Waals surface area contributed by atoms with E-state index in [0.29, 0.717) is 18.8 Å². The number of rotatable bonds is 10. The molecule has 2 aromatic rings. The Morgan fingerprint density at radius 3 is 2.23 bits per heavy atom. The summed E-state index contributed by atoms with van der Waals surface area (Å²) in [7, 11) is 0. The fourth-order valence-electron chi connectivity index (χ4n) is 2.85. The standard InChI is InChI=1S/C23H30O3/c1-4-5-14-21(25-18-19-12-8-6-9-13-19)17-23(2,3)22(24)26-20-15-10-7-11-16-20/h6-13,15-16,21H,4-5,14,17-18H2,1-3H3. The molecular formula is C23H30O3. The Labute approximate surface area is 157 Å². The number of hydrogen-bond acceptors (Lipinski definition) is 3. The minimum atomic E-state index is -0.606. The summed E-state index contributed by atoms with van der Waals surface area (Å²) in [5, 5.41) is 0. The largest absolute Gasteiger partial charge is 0.426 e. The number of unbranched alkanes of at least 4 members (excludes halogenated alkanes) is 1. The Bertz CT molecular complexity index is 650. The first-order chi connectivity index (χ1) is 12.5. The summed E-state index contributed by atoms with van der Waals surface area (Å²) in [5.74, 6) is 0.370. The predicted molar refractivity (Wildman–Crippen MR) is 105 cm³/mol. The molecule has 140 valence electrons. The van der Waals surface area contributed by atoms with Crippen LogP contribution < -0.4 is 4.74 Å². The van der Waals surface area contributed by atoms with Crippen LogP contribution in [0.3, 0.4) is 0 Å². The summed E-state index contributed by atoms with van der Waals surface area (Å²) in [6.07, 6.45) is 3.83. The van der Waals surface area contributed by atoms with Gasteiger partial charge in [-0.25, -0.2) is 0 Å². The quantitative estimate of drug-likeness (QED) is 0.400. The van der Waals surface area contributed by atoms with Crippen molar-refractivity contribution < 1.29 is 14.3 Å². The van der Waals surface area contributed by atoms with Crippen LogP contribution in [0, 0.1) is 5.41 Å². The minimum absolute atomic E-state index is 0.0356. The maximum Gasteiger partial charge on any atom is 0.316 e. The molecule has 0 amide bonds. The van der Waals surface area contributed by atoms with Crippen molar-refractivity contribution in [1.82, 2.24) is 0 Å². The zero-order valence-corrected chi connectivity index (χ0v) is 16.1. The molecule has 0 aromatic heterocycles. The van der Waals surface area contributed by atoms with Crippen LogP contribution in [0.5, 0.6) is 5.75 Å². The average molecular weight is 354 g/mol. The Kier molecular flexibility index (Phi) is 7.86. The van der Waals surface area contributed by atoms with Gasteiger partial charge in [0.2, 0.25) is 0 Å². The number of benzene rings is 2. The summed E-state index contributed by atoms with van der Waals surface area (Å²) >= 11 is 0. The molecule has 0 saturated carbocycles. The molecule has 26 heavy (non-hydrogen) atoms. The average Bonchev–Trinajstić information content (AvgIpc) is 2.65. The number of hydrogen-bond donors (Lipinski definition) is 0. The molecule has 0 spiro atoms. The van der Waals surface area contributed by atoms with Crippen LogP contribution in [0.4, 0.5) is 0 Å². The molecule has 0 bridgehead atoms. The monoisotopic (exact) mass is 354 g/mol. The highest BCUT2D eigenvalue weighted by atomic mass is 16.5. The highest BCUT2D eigenvalue weighted by molar-refractivity contribution is 5.78. The molecule has 2 rings (SSSR count). The second-order valence-electron chi connectivity index (χ2n) is 7.35. The van der Waals surface area contributed by atoms with E-state index in [4.69, 9.17) is 9.47 Å². The van der Waals surface area contributed by atoms with Crippen LogP contribution in [0.1, 0.15) is 52.0 Å². The lowest BCUT2D eigenvalue weighted by Crippen LogP contribution is -2.33. The van der Waals surface area contributed by atoms with Crippen LogP contribution >= 0.6 is 0 Å². The fraction of sp³-hybridized carbons (Fsp3) is 0.435. The van der Waals surface area contributed by atoms with Gasteiger partial charge in [0.05, 0.1) is 18.1 Å². The minimum Gasteiger partial charge on any atom is -0.426 e. The van der Waals surface area contributed by atoms with Gasteiger partial charge in [-0.2, -0.15) is 0 Å². The Hall–Kier alpha value is -2.13. The number of para-hydroxylation sites is 1. The fourth-order valence-corrected chi connectivity index (χ4v) is 2.85. The second-order valence-corrected chi connectivity index (χ2v) is 7.35. The third kappa shape index (κ3) is 6.64. The van der Waals surface area contributed by atoms with Gasteiger partial charge in [0.1, 0.15) is 5.75 Å². The number of carbonyl (C=O) groups excluding carboxylic acids is 1. The topological polar surface area (TPSA) is 35.5 Å². The van der Waals surface area contributed by atoms with Crippen molar-refractivity contribution >= 4 is 5.97 Å². The van der Waals surface area contributed by atoms with Crippen molar-refractivity contribution in [1.29, 1.82) is 0 Å². The molecule has 3 nitrogen and oxygen atoms in total. The highest BCUT2D eigenvalue weighted by Gasteiger charge is 2.33. The van der Waals surface area contributed by atoms with Crippen LogP contribution in [-0.4, -0.2) is 12.1 Å². The number of esters is 1. The zero-order valence-electron chi connectivity index (χ0n) is 16.1. The van der Waals surface area contributed by atoms with Gasteiger partial charge in [0.15, 0.2) is 0 Å². The molecule has 2 aromatic carbocycles. The predicted octanol–water partition coefficient (Wildman–Crippen LogP) is 5.78. The molecule has 1 unspecified atom stereocenters. The Morgan fingerprint density at radius 1 is 1.00 bits per heavy atom. The first-order valence-corrected chi connectivity index (χ1v) is 9.44. The summed E-state index contributed by atoms with van der Waals surface area (Å²) in [5.41, 5.74) is 0.545. The van der Waals surface area contributed by atoms with E-state index in [-0.39, 0.29) is 12.1 Å². The van der Waals surface area contributed by atoms with E-state index in [1.54, 1.807) is 12.1 Å². The lowest BCUT2D eigenvalue weighted by Gasteiger charge is -2.28. The van der Waals surface area contributed by atoms with E-state index < -0.39 is 5.41 Å². The maximum atomic E-state index is 12.6.